The number of benzene rings is 1. The molecule has 0 bridgehead atoms. The van der Waals surface area contributed by atoms with Crippen LogP contribution in [0.25, 0.3) is 0 Å². The van der Waals surface area contributed by atoms with Crippen molar-refractivity contribution in [2.24, 2.45) is 0 Å². The summed E-state index contributed by atoms with van der Waals surface area (Å²) in [6.07, 6.45) is -4.67. The van der Waals surface area contributed by atoms with Gasteiger partial charge in [0, 0.05) is 5.69 Å². The number of sulfonamides is 1. The summed E-state index contributed by atoms with van der Waals surface area (Å²) in [4.78, 5) is -0.538. The first-order valence-electron chi connectivity index (χ1n) is 4.52. The molecule has 5 nitrogen and oxygen atoms in total. The number of hydrogen-bond donors (Lipinski definition) is 2. The second-order valence-electron chi connectivity index (χ2n) is 3.31. The molecule has 0 aliphatic carbocycles. The van der Waals surface area contributed by atoms with Gasteiger partial charge >= 0.3 is 6.18 Å². The Labute approximate surface area is 101 Å². The van der Waals surface area contributed by atoms with E-state index in [1.807, 2.05) is 0 Å². The first kappa shape index (κ1) is 14.3. The third-order valence-electron chi connectivity index (χ3n) is 1.88. The number of nitrogens with one attached hydrogen (secondary N) is 1. The van der Waals surface area contributed by atoms with Crippen LogP contribution in [0.5, 0.6) is 0 Å². The van der Waals surface area contributed by atoms with Crippen molar-refractivity contribution in [2.75, 3.05) is 12.3 Å². The van der Waals surface area contributed by atoms with Crippen molar-refractivity contribution >= 4 is 15.7 Å². The molecule has 0 unspecified atom stereocenters. The molecular formula is C9H8F3N3O2S. The Morgan fingerprint density at radius 2 is 2.00 bits per heavy atom. The zero-order valence-corrected chi connectivity index (χ0v) is 9.64. The third-order valence-corrected chi connectivity index (χ3v) is 3.34. The largest absolute Gasteiger partial charge is 0.402 e. The highest BCUT2D eigenvalue weighted by atomic mass is 32.2. The summed E-state index contributed by atoms with van der Waals surface area (Å²) in [5.41, 5.74) is 5.17. The van der Waals surface area contributed by atoms with Crippen LogP contribution >= 0.6 is 0 Å². The molecule has 0 aromatic heterocycles. The summed E-state index contributed by atoms with van der Waals surface area (Å²) < 4.78 is 60.3. The fraction of sp³-hybridized carbons (Fsp3) is 0.222. The quantitative estimate of drug-likeness (QED) is 0.806. The summed E-state index contributed by atoms with van der Waals surface area (Å²) in [5.74, 6) is 0. The molecule has 0 saturated carbocycles. The van der Waals surface area contributed by atoms with Crippen LogP contribution < -0.4 is 10.5 Å². The van der Waals surface area contributed by atoms with Gasteiger partial charge in [-0.25, -0.2) is 13.1 Å². The predicted octanol–water partition coefficient (Wildman–Crippen LogP) is 0.981. The topological polar surface area (TPSA) is 96.0 Å². The van der Waals surface area contributed by atoms with Crippen molar-refractivity contribution in [3.63, 3.8) is 0 Å². The van der Waals surface area contributed by atoms with Crippen LogP contribution in [0.15, 0.2) is 23.1 Å². The second-order valence-corrected chi connectivity index (χ2v) is 5.04. The van der Waals surface area contributed by atoms with E-state index in [1.54, 1.807) is 6.07 Å². The molecule has 1 rings (SSSR count). The van der Waals surface area contributed by atoms with Crippen LogP contribution in [0.1, 0.15) is 5.56 Å². The number of alkyl halides is 3. The lowest BCUT2D eigenvalue weighted by Gasteiger charge is -2.10. The monoisotopic (exact) mass is 279 g/mol. The maximum absolute atomic E-state index is 11.9. The second kappa shape index (κ2) is 4.83. The Balaban J connectivity index is 3.10. The summed E-state index contributed by atoms with van der Waals surface area (Å²) >= 11 is 0. The van der Waals surface area contributed by atoms with E-state index in [2.05, 4.69) is 0 Å². The fourth-order valence-electron chi connectivity index (χ4n) is 1.12. The van der Waals surface area contributed by atoms with Crippen LogP contribution in [-0.2, 0) is 10.0 Å². The first-order valence-corrected chi connectivity index (χ1v) is 6.00. The molecule has 1 aromatic carbocycles. The zero-order valence-electron chi connectivity index (χ0n) is 8.82. The van der Waals surface area contributed by atoms with Crippen LogP contribution in [0.4, 0.5) is 18.9 Å². The SMILES string of the molecule is N#Cc1cc(N)ccc1S(=O)(=O)NCC(F)(F)F. The molecule has 3 N–H and O–H groups in total. The van der Waals surface area contributed by atoms with E-state index < -0.39 is 27.6 Å². The van der Waals surface area contributed by atoms with Gasteiger partial charge in [0.05, 0.1) is 10.5 Å². The van der Waals surface area contributed by atoms with Gasteiger partial charge in [-0.15, -0.1) is 0 Å². The number of hydrogen-bond acceptors (Lipinski definition) is 4. The van der Waals surface area contributed by atoms with Crippen LogP contribution in [0.3, 0.4) is 0 Å². The molecule has 98 valence electrons. The minimum absolute atomic E-state index is 0.140. The van der Waals surface area contributed by atoms with Crippen molar-refractivity contribution in [1.82, 2.24) is 4.72 Å². The zero-order chi connectivity index (χ0) is 14.0. The van der Waals surface area contributed by atoms with E-state index in [0.717, 1.165) is 12.1 Å². The molecule has 1 aromatic rings. The van der Waals surface area contributed by atoms with Gasteiger partial charge in [-0.1, -0.05) is 0 Å². The lowest BCUT2D eigenvalue weighted by Crippen LogP contribution is -2.34. The third kappa shape index (κ3) is 3.61. The number of nitrogens with zero attached hydrogens (tertiary/aromatic N) is 1. The van der Waals surface area contributed by atoms with Gasteiger partial charge in [-0.05, 0) is 18.2 Å². The number of rotatable bonds is 3. The minimum Gasteiger partial charge on any atom is -0.399 e. The van der Waals surface area contributed by atoms with E-state index in [0.29, 0.717) is 0 Å². The Morgan fingerprint density at radius 1 is 1.39 bits per heavy atom. The number of halogens is 3. The van der Waals surface area contributed by atoms with Crippen molar-refractivity contribution in [3.05, 3.63) is 23.8 Å². The molecule has 9 heteroatoms. The standard InChI is InChI=1S/C9H8F3N3O2S/c10-9(11,12)5-15-18(16,17)8-2-1-7(14)3-6(8)4-13/h1-3,15H,5,14H2. The van der Waals surface area contributed by atoms with Crippen molar-refractivity contribution in [1.29, 1.82) is 5.26 Å². The van der Waals surface area contributed by atoms with E-state index in [9.17, 15) is 21.6 Å². The van der Waals surface area contributed by atoms with E-state index in [4.69, 9.17) is 11.0 Å². The number of anilines is 1. The lowest BCUT2D eigenvalue weighted by atomic mass is 10.2. The van der Waals surface area contributed by atoms with Gasteiger partial charge < -0.3 is 5.73 Å². The molecule has 0 heterocycles. The van der Waals surface area contributed by atoms with Gasteiger partial charge in [0.2, 0.25) is 10.0 Å². The van der Waals surface area contributed by atoms with E-state index in [-0.39, 0.29) is 11.3 Å². The summed E-state index contributed by atoms with van der Waals surface area (Å²) in [7, 11) is -4.40. The molecule has 0 saturated heterocycles. The number of nitrogen functional groups attached to an aromatic ring is 1. The lowest BCUT2D eigenvalue weighted by molar-refractivity contribution is -0.121. The Bertz CT molecular complexity index is 590. The summed E-state index contributed by atoms with van der Waals surface area (Å²) in [6, 6.07) is 4.79. The molecule has 0 amide bonds. The average Bonchev–Trinajstić information content (AvgIpc) is 2.25. The molecule has 0 aliphatic rings. The Hall–Kier alpha value is -1.79. The molecular weight excluding hydrogens is 271 g/mol. The van der Waals surface area contributed by atoms with Crippen molar-refractivity contribution in [3.8, 4) is 6.07 Å². The highest BCUT2D eigenvalue weighted by molar-refractivity contribution is 7.89. The molecule has 0 spiro atoms. The van der Waals surface area contributed by atoms with Crippen LogP contribution in [0.2, 0.25) is 0 Å². The van der Waals surface area contributed by atoms with Gasteiger partial charge in [0.15, 0.2) is 0 Å². The van der Waals surface area contributed by atoms with Gasteiger partial charge in [-0.2, -0.15) is 18.4 Å². The maximum atomic E-state index is 11.9. The predicted molar refractivity (Wildman–Crippen MR) is 56.8 cm³/mol. The summed E-state index contributed by atoms with van der Waals surface area (Å²) in [6.45, 7) is -1.70. The van der Waals surface area contributed by atoms with Crippen LogP contribution in [0, 0.1) is 11.3 Å². The summed E-state index contributed by atoms with van der Waals surface area (Å²) in [5, 5.41) is 8.71. The Morgan fingerprint density at radius 3 is 2.50 bits per heavy atom. The molecule has 0 radical (unpaired) electrons. The van der Waals surface area contributed by atoms with Crippen molar-refractivity contribution in [2.45, 2.75) is 11.1 Å². The van der Waals surface area contributed by atoms with E-state index in [1.165, 1.54) is 10.8 Å². The molecule has 0 aliphatic heterocycles. The van der Waals surface area contributed by atoms with Gasteiger partial charge in [0.25, 0.3) is 0 Å². The smallest absolute Gasteiger partial charge is 0.399 e. The molecule has 18 heavy (non-hydrogen) atoms. The highest BCUT2D eigenvalue weighted by Gasteiger charge is 2.30. The Kier molecular flexibility index (Phi) is 3.83. The maximum Gasteiger partial charge on any atom is 0.402 e. The van der Waals surface area contributed by atoms with Crippen LogP contribution in [-0.4, -0.2) is 21.1 Å². The van der Waals surface area contributed by atoms with E-state index >= 15 is 0 Å². The minimum atomic E-state index is -4.67. The normalized spacial score (nSPS) is 12.1. The van der Waals surface area contributed by atoms with Gasteiger partial charge in [-0.3, -0.25) is 0 Å². The van der Waals surface area contributed by atoms with Gasteiger partial charge in [0.1, 0.15) is 12.6 Å². The number of nitrogens with two attached hydrogens (primary N) is 1. The fourth-order valence-corrected chi connectivity index (χ4v) is 2.27. The first-order chi connectivity index (χ1) is 8.15. The number of nitriles is 1. The average molecular weight is 279 g/mol. The molecule has 0 fully saturated rings. The molecule has 0 atom stereocenters. The van der Waals surface area contributed by atoms with Crippen molar-refractivity contribution < 1.29 is 21.6 Å². The highest BCUT2D eigenvalue weighted by Crippen LogP contribution is 2.19.